The van der Waals surface area contributed by atoms with Crippen molar-refractivity contribution in [2.24, 2.45) is 0 Å². The van der Waals surface area contributed by atoms with Crippen molar-refractivity contribution in [3.63, 3.8) is 0 Å². The number of H-pyrrole nitrogens is 1. The lowest BCUT2D eigenvalue weighted by Gasteiger charge is -2.13. The number of rotatable bonds is 6. The van der Waals surface area contributed by atoms with Crippen molar-refractivity contribution in [1.82, 2.24) is 4.98 Å². The molecular weight excluding hydrogens is 348 g/mol. The number of nitro benzene ring substituents is 1. The Balaban J connectivity index is 2.15. The van der Waals surface area contributed by atoms with Crippen molar-refractivity contribution in [3.05, 3.63) is 63.8 Å². The average molecular weight is 361 g/mol. The number of anilines is 2. The number of halogens is 2. The molecule has 0 saturated heterocycles. The second kappa shape index (κ2) is 6.79. The molecule has 1 unspecified atom stereocenters. The van der Waals surface area contributed by atoms with Gasteiger partial charge in [0.1, 0.15) is 11.6 Å². The van der Waals surface area contributed by atoms with Gasteiger partial charge in [0.05, 0.1) is 4.92 Å². The molecule has 0 bridgehead atoms. The van der Waals surface area contributed by atoms with Gasteiger partial charge in [-0.05, 0) is 25.1 Å². The molecular formula is C17H13F2N3O4. The predicted molar refractivity (Wildman–Crippen MR) is 90.2 cm³/mol. The Morgan fingerprint density at radius 2 is 2.04 bits per heavy atom. The van der Waals surface area contributed by atoms with E-state index in [1.165, 1.54) is 24.4 Å². The van der Waals surface area contributed by atoms with E-state index < -0.39 is 22.7 Å². The highest BCUT2D eigenvalue weighted by molar-refractivity contribution is 6.01. The minimum absolute atomic E-state index is 0.166. The molecule has 3 aromatic rings. The summed E-state index contributed by atoms with van der Waals surface area (Å²) >= 11 is 0. The zero-order valence-corrected chi connectivity index (χ0v) is 13.5. The Labute approximate surface area is 145 Å². The molecule has 134 valence electrons. The maximum atomic E-state index is 13.4. The summed E-state index contributed by atoms with van der Waals surface area (Å²) in [6, 6.07) is 6.02. The number of hydrogen-bond acceptors (Lipinski definition) is 5. The molecule has 1 heterocycles. The Morgan fingerprint density at radius 1 is 1.27 bits per heavy atom. The largest absolute Gasteiger partial charge is 0.460 e. The Morgan fingerprint density at radius 3 is 2.69 bits per heavy atom. The number of non-ortho nitro benzene ring substituents is 1. The Kier molecular flexibility index (Phi) is 4.53. The predicted octanol–water partition coefficient (Wildman–Crippen LogP) is 4.33. The highest BCUT2D eigenvalue weighted by Gasteiger charge is 2.22. The molecule has 7 nitrogen and oxygen atoms in total. The van der Waals surface area contributed by atoms with E-state index in [2.05, 4.69) is 10.3 Å². The van der Waals surface area contributed by atoms with Gasteiger partial charge >= 0.3 is 0 Å². The summed E-state index contributed by atoms with van der Waals surface area (Å²) < 4.78 is 31.5. The summed E-state index contributed by atoms with van der Waals surface area (Å²) in [5.41, 5.74) is 1.23. The normalized spacial score (nSPS) is 12.0. The number of nitrogens with one attached hydrogen (secondary N) is 2. The Bertz CT molecular complexity index is 1000. The summed E-state index contributed by atoms with van der Waals surface area (Å²) in [4.78, 5) is 24.2. The van der Waals surface area contributed by atoms with E-state index in [4.69, 9.17) is 4.74 Å². The van der Waals surface area contributed by atoms with E-state index in [-0.39, 0.29) is 23.4 Å². The van der Waals surface area contributed by atoms with E-state index >= 15 is 0 Å². The van der Waals surface area contributed by atoms with Crippen LogP contribution < -0.4 is 5.32 Å². The van der Waals surface area contributed by atoms with E-state index in [1.807, 2.05) is 0 Å². The number of nitro groups is 1. The third-order valence-corrected chi connectivity index (χ3v) is 3.94. The van der Waals surface area contributed by atoms with Crippen LogP contribution in [0.15, 0.2) is 36.5 Å². The number of aromatic nitrogens is 1. The van der Waals surface area contributed by atoms with Crippen molar-refractivity contribution in [2.75, 3.05) is 5.32 Å². The monoisotopic (exact) mass is 361 g/mol. The molecule has 26 heavy (non-hydrogen) atoms. The van der Waals surface area contributed by atoms with Crippen LogP contribution in [-0.4, -0.2) is 16.4 Å². The first-order chi connectivity index (χ1) is 12.4. The number of nitrogens with zero attached hydrogens (tertiary/aromatic N) is 1. The van der Waals surface area contributed by atoms with Gasteiger partial charge in [-0.2, -0.15) is 0 Å². The smallest absolute Gasteiger partial charge is 0.293 e. The van der Waals surface area contributed by atoms with Crippen LogP contribution >= 0.6 is 0 Å². The third-order valence-electron chi connectivity index (χ3n) is 3.94. The van der Waals surface area contributed by atoms with Crippen LogP contribution in [0.3, 0.4) is 0 Å². The first kappa shape index (κ1) is 17.3. The first-order valence-corrected chi connectivity index (χ1v) is 7.52. The minimum Gasteiger partial charge on any atom is -0.460 e. The molecule has 0 fully saturated rings. The molecule has 9 heteroatoms. The fraction of sp³-hybridized carbons (Fsp3) is 0.118. The summed E-state index contributed by atoms with van der Waals surface area (Å²) in [6.45, 7) is 1.89. The molecule has 0 spiro atoms. The maximum absolute atomic E-state index is 13.4. The number of fused-ring (bicyclic) bond motifs is 1. The van der Waals surface area contributed by atoms with Crippen LogP contribution in [0.2, 0.25) is 0 Å². The van der Waals surface area contributed by atoms with Crippen LogP contribution in [0.1, 0.15) is 18.6 Å². The fourth-order valence-corrected chi connectivity index (χ4v) is 2.72. The van der Waals surface area contributed by atoms with E-state index in [1.54, 1.807) is 6.92 Å². The third kappa shape index (κ3) is 3.06. The van der Waals surface area contributed by atoms with Gasteiger partial charge in [0.15, 0.2) is 11.6 Å². The maximum Gasteiger partial charge on any atom is 0.293 e. The lowest BCUT2D eigenvalue weighted by atomic mass is 10.1. The zero-order valence-electron chi connectivity index (χ0n) is 13.5. The number of benzene rings is 2. The summed E-state index contributed by atoms with van der Waals surface area (Å²) in [5, 5.41) is 14.6. The summed E-state index contributed by atoms with van der Waals surface area (Å²) in [5.74, 6) is -2.01. The molecule has 0 radical (unpaired) electrons. The summed E-state index contributed by atoms with van der Waals surface area (Å²) in [6.07, 6.45) is 0.830. The van der Waals surface area contributed by atoms with Crippen molar-refractivity contribution < 1.29 is 23.2 Å². The molecule has 0 saturated carbocycles. The molecule has 0 aliphatic heterocycles. The second-order valence-electron chi connectivity index (χ2n) is 5.51. The first-order valence-electron chi connectivity index (χ1n) is 7.52. The number of carbonyl (C=O) groups excluding carboxylic acids is 1. The molecule has 3 rings (SSSR count). The van der Waals surface area contributed by atoms with Gasteiger partial charge in [-0.1, -0.05) is 0 Å². The number of hydrogen-bond donors (Lipinski definition) is 2. The molecule has 0 aliphatic carbocycles. The lowest BCUT2D eigenvalue weighted by Crippen LogP contribution is -2.00. The van der Waals surface area contributed by atoms with Crippen LogP contribution in [-0.2, 0) is 9.53 Å². The second-order valence-corrected chi connectivity index (χ2v) is 5.51. The minimum atomic E-state index is -1.03. The van der Waals surface area contributed by atoms with Crippen LogP contribution in [0.5, 0.6) is 0 Å². The number of ether oxygens (including phenoxy) is 1. The van der Waals surface area contributed by atoms with E-state index in [9.17, 15) is 23.7 Å². The van der Waals surface area contributed by atoms with Gasteiger partial charge in [-0.15, -0.1) is 0 Å². The van der Waals surface area contributed by atoms with Crippen LogP contribution in [0.4, 0.5) is 25.8 Å². The molecule has 1 atom stereocenters. The molecule has 1 aromatic heterocycles. The van der Waals surface area contributed by atoms with Gasteiger partial charge in [0, 0.05) is 40.7 Å². The zero-order chi connectivity index (χ0) is 18.8. The number of aromatic amines is 1. The van der Waals surface area contributed by atoms with E-state index in [0.29, 0.717) is 16.6 Å². The fourth-order valence-electron chi connectivity index (χ4n) is 2.72. The highest BCUT2D eigenvalue weighted by atomic mass is 19.2. The van der Waals surface area contributed by atoms with Crippen LogP contribution in [0.25, 0.3) is 10.9 Å². The Hall–Kier alpha value is -3.49. The van der Waals surface area contributed by atoms with Crippen molar-refractivity contribution >= 4 is 34.4 Å². The van der Waals surface area contributed by atoms with Crippen molar-refractivity contribution in [3.8, 4) is 0 Å². The van der Waals surface area contributed by atoms with Gasteiger partial charge < -0.3 is 15.0 Å². The molecule has 2 N–H and O–H groups in total. The van der Waals surface area contributed by atoms with Crippen molar-refractivity contribution in [1.29, 1.82) is 0 Å². The van der Waals surface area contributed by atoms with Crippen LogP contribution in [0, 0.1) is 21.7 Å². The topological polar surface area (TPSA) is 97.3 Å². The standard InChI is InChI=1S/C17H13F2N3O4/c1-9(26-8-23)11-7-20-17-15(22(24)25)5-4-14(16(11)17)21-10-2-3-12(18)13(19)6-10/h2-9,20-21H,1H3. The quantitative estimate of drug-likeness (QED) is 0.387. The van der Waals surface area contributed by atoms with Gasteiger partial charge in [0.2, 0.25) is 0 Å². The highest BCUT2D eigenvalue weighted by Crippen LogP contribution is 2.38. The lowest BCUT2D eigenvalue weighted by molar-refractivity contribution is -0.383. The summed E-state index contributed by atoms with van der Waals surface area (Å²) in [7, 11) is 0. The van der Waals surface area contributed by atoms with Crippen molar-refractivity contribution in [2.45, 2.75) is 13.0 Å². The van der Waals surface area contributed by atoms with Gasteiger partial charge in [-0.3, -0.25) is 14.9 Å². The van der Waals surface area contributed by atoms with Gasteiger partial charge in [-0.25, -0.2) is 8.78 Å². The molecule has 0 amide bonds. The number of carbonyl (C=O) groups is 1. The van der Waals surface area contributed by atoms with E-state index in [0.717, 1.165) is 12.1 Å². The SMILES string of the molecule is CC(OC=O)c1c[nH]c2c([N+](=O)[O-])ccc(Nc3ccc(F)c(F)c3)c12. The molecule has 0 aliphatic rings. The molecule has 2 aromatic carbocycles. The average Bonchev–Trinajstić information content (AvgIpc) is 3.04. The van der Waals surface area contributed by atoms with Gasteiger partial charge in [0.25, 0.3) is 12.2 Å².